The SMILES string of the molecule is CN/C(=C/C(=N)CF)Nc1cccc2ncccc12. The molecule has 2 aromatic rings. The molecule has 0 radical (unpaired) electrons. The van der Waals surface area contributed by atoms with Crippen molar-refractivity contribution in [3.63, 3.8) is 0 Å². The molecule has 0 unspecified atom stereocenters. The molecule has 2 rings (SSSR count). The van der Waals surface area contributed by atoms with Gasteiger partial charge in [-0.3, -0.25) is 4.98 Å². The van der Waals surface area contributed by atoms with Crippen LogP contribution >= 0.6 is 0 Å². The van der Waals surface area contributed by atoms with Crippen molar-refractivity contribution in [1.82, 2.24) is 10.3 Å². The largest absolute Gasteiger partial charge is 0.375 e. The second kappa shape index (κ2) is 5.95. The van der Waals surface area contributed by atoms with E-state index in [0.717, 1.165) is 16.6 Å². The number of halogens is 1. The third-order valence-corrected chi connectivity index (χ3v) is 2.65. The van der Waals surface area contributed by atoms with Gasteiger partial charge in [0.2, 0.25) is 0 Å². The number of aromatic nitrogens is 1. The topological polar surface area (TPSA) is 60.8 Å². The first-order chi connectivity index (χ1) is 9.24. The van der Waals surface area contributed by atoms with Crippen LogP contribution < -0.4 is 10.6 Å². The maximum absolute atomic E-state index is 12.3. The summed E-state index contributed by atoms with van der Waals surface area (Å²) >= 11 is 0. The Kier molecular flexibility index (Phi) is 4.07. The van der Waals surface area contributed by atoms with E-state index in [1.165, 1.54) is 6.08 Å². The summed E-state index contributed by atoms with van der Waals surface area (Å²) in [7, 11) is 1.72. The van der Waals surface area contributed by atoms with Gasteiger partial charge in [-0.15, -0.1) is 0 Å². The number of hydrogen-bond donors (Lipinski definition) is 3. The first-order valence-electron chi connectivity index (χ1n) is 5.88. The Morgan fingerprint density at radius 1 is 1.37 bits per heavy atom. The molecule has 0 saturated carbocycles. The summed E-state index contributed by atoms with van der Waals surface area (Å²) in [4.78, 5) is 4.27. The number of nitrogens with zero attached hydrogens (tertiary/aromatic N) is 1. The molecule has 0 bridgehead atoms. The van der Waals surface area contributed by atoms with Gasteiger partial charge in [0, 0.05) is 30.4 Å². The fourth-order valence-electron chi connectivity index (χ4n) is 1.74. The van der Waals surface area contributed by atoms with E-state index in [0.29, 0.717) is 5.82 Å². The van der Waals surface area contributed by atoms with Gasteiger partial charge in [0.05, 0.1) is 11.2 Å². The smallest absolute Gasteiger partial charge is 0.131 e. The minimum absolute atomic E-state index is 0.0878. The third kappa shape index (κ3) is 3.07. The van der Waals surface area contributed by atoms with Crippen molar-refractivity contribution < 1.29 is 4.39 Å². The normalized spacial score (nSPS) is 11.4. The highest BCUT2D eigenvalue weighted by molar-refractivity contribution is 5.95. The zero-order chi connectivity index (χ0) is 13.7. The molecule has 0 amide bonds. The van der Waals surface area contributed by atoms with Crippen molar-refractivity contribution in [3.05, 3.63) is 48.4 Å². The summed E-state index contributed by atoms with van der Waals surface area (Å²) in [6.45, 7) is -0.788. The van der Waals surface area contributed by atoms with Crippen LogP contribution in [0.25, 0.3) is 10.9 Å². The maximum Gasteiger partial charge on any atom is 0.131 e. The highest BCUT2D eigenvalue weighted by atomic mass is 19.1. The number of pyridine rings is 1. The van der Waals surface area contributed by atoms with E-state index in [9.17, 15) is 4.39 Å². The molecule has 0 aliphatic heterocycles. The van der Waals surface area contributed by atoms with Gasteiger partial charge in [-0.1, -0.05) is 6.07 Å². The number of alkyl halides is 1. The molecule has 1 aromatic carbocycles. The van der Waals surface area contributed by atoms with Gasteiger partial charge in [0.15, 0.2) is 0 Å². The fourth-order valence-corrected chi connectivity index (χ4v) is 1.74. The van der Waals surface area contributed by atoms with E-state index >= 15 is 0 Å². The Bertz CT molecular complexity index is 616. The second-order valence-corrected chi connectivity index (χ2v) is 3.97. The molecule has 0 fully saturated rings. The number of hydrogen-bond acceptors (Lipinski definition) is 4. The average Bonchev–Trinajstić information content (AvgIpc) is 2.46. The summed E-state index contributed by atoms with van der Waals surface area (Å²) in [5.74, 6) is 0.569. The van der Waals surface area contributed by atoms with Gasteiger partial charge in [0.25, 0.3) is 0 Å². The van der Waals surface area contributed by atoms with Crippen molar-refractivity contribution in [2.45, 2.75) is 0 Å². The summed E-state index contributed by atoms with van der Waals surface area (Å²) in [6.07, 6.45) is 3.16. The van der Waals surface area contributed by atoms with Crippen LogP contribution in [-0.4, -0.2) is 24.4 Å². The van der Waals surface area contributed by atoms with Gasteiger partial charge in [-0.2, -0.15) is 0 Å². The molecule has 1 aromatic heterocycles. The molecule has 4 nitrogen and oxygen atoms in total. The molecular formula is C14H15FN4. The number of benzene rings is 1. The number of nitrogens with one attached hydrogen (secondary N) is 3. The van der Waals surface area contributed by atoms with Gasteiger partial charge >= 0.3 is 0 Å². The lowest BCUT2D eigenvalue weighted by molar-refractivity contribution is 0.581. The summed E-state index contributed by atoms with van der Waals surface area (Å²) in [5.41, 5.74) is 1.65. The summed E-state index contributed by atoms with van der Waals surface area (Å²) < 4.78 is 12.3. The third-order valence-electron chi connectivity index (χ3n) is 2.65. The Hall–Kier alpha value is -2.43. The highest BCUT2D eigenvalue weighted by Gasteiger charge is 2.03. The van der Waals surface area contributed by atoms with Crippen molar-refractivity contribution in [2.24, 2.45) is 0 Å². The summed E-state index contributed by atoms with van der Waals surface area (Å²) in [6, 6.07) is 9.55. The van der Waals surface area contributed by atoms with Crippen LogP contribution in [0.4, 0.5) is 10.1 Å². The predicted molar refractivity (Wildman–Crippen MR) is 76.2 cm³/mol. The van der Waals surface area contributed by atoms with Crippen LogP contribution in [0, 0.1) is 5.41 Å². The van der Waals surface area contributed by atoms with Gasteiger partial charge in [-0.05, 0) is 24.3 Å². The molecule has 98 valence electrons. The van der Waals surface area contributed by atoms with Crippen LogP contribution in [0.15, 0.2) is 48.4 Å². The van der Waals surface area contributed by atoms with Crippen LogP contribution in [0.5, 0.6) is 0 Å². The molecule has 0 spiro atoms. The molecule has 19 heavy (non-hydrogen) atoms. The van der Waals surface area contributed by atoms with E-state index in [2.05, 4.69) is 15.6 Å². The minimum Gasteiger partial charge on any atom is -0.375 e. The van der Waals surface area contributed by atoms with E-state index in [4.69, 9.17) is 5.41 Å². The van der Waals surface area contributed by atoms with Gasteiger partial charge in [-0.25, -0.2) is 4.39 Å². The zero-order valence-corrected chi connectivity index (χ0v) is 10.6. The monoisotopic (exact) mass is 258 g/mol. The van der Waals surface area contributed by atoms with Gasteiger partial charge < -0.3 is 16.0 Å². The molecule has 5 heteroatoms. The first kappa shape index (κ1) is 13.0. The Balaban J connectivity index is 2.35. The predicted octanol–water partition coefficient (Wildman–Crippen LogP) is 2.70. The highest BCUT2D eigenvalue weighted by Crippen LogP contribution is 2.22. The van der Waals surface area contributed by atoms with E-state index in [1.807, 2.05) is 30.3 Å². The van der Waals surface area contributed by atoms with Crippen LogP contribution in [0.3, 0.4) is 0 Å². The Labute approximate surface area is 110 Å². The molecular weight excluding hydrogens is 243 g/mol. The molecule has 0 aliphatic carbocycles. The molecule has 3 N–H and O–H groups in total. The number of fused-ring (bicyclic) bond motifs is 1. The molecule has 0 aliphatic rings. The Morgan fingerprint density at radius 2 is 2.21 bits per heavy atom. The van der Waals surface area contributed by atoms with Crippen molar-refractivity contribution in [3.8, 4) is 0 Å². The fraction of sp³-hybridized carbons (Fsp3) is 0.143. The van der Waals surface area contributed by atoms with Crippen LogP contribution in [0.2, 0.25) is 0 Å². The second-order valence-electron chi connectivity index (χ2n) is 3.97. The van der Waals surface area contributed by atoms with Gasteiger partial charge in [0.1, 0.15) is 12.5 Å². The molecule has 1 heterocycles. The lowest BCUT2D eigenvalue weighted by Crippen LogP contribution is -2.17. The maximum atomic E-state index is 12.3. The van der Waals surface area contributed by atoms with E-state index in [1.54, 1.807) is 13.2 Å². The Morgan fingerprint density at radius 3 is 2.95 bits per heavy atom. The van der Waals surface area contributed by atoms with E-state index in [-0.39, 0.29) is 5.71 Å². The van der Waals surface area contributed by atoms with Crippen molar-refractivity contribution in [2.75, 3.05) is 19.0 Å². The average molecular weight is 258 g/mol. The summed E-state index contributed by atoms with van der Waals surface area (Å²) in [5, 5.41) is 14.4. The number of rotatable bonds is 5. The number of allylic oxidation sites excluding steroid dienone is 1. The molecule has 0 saturated heterocycles. The van der Waals surface area contributed by atoms with E-state index < -0.39 is 6.67 Å². The molecule has 0 atom stereocenters. The van der Waals surface area contributed by atoms with Crippen LogP contribution in [-0.2, 0) is 0 Å². The lowest BCUT2D eigenvalue weighted by atomic mass is 10.2. The quantitative estimate of drug-likeness (QED) is 0.723. The first-order valence-corrected chi connectivity index (χ1v) is 5.88. The number of anilines is 1. The minimum atomic E-state index is -0.788. The standard InChI is InChI=1S/C14H15FN4/c1-17-14(8-10(16)9-15)19-13-6-2-5-12-11(13)4-3-7-18-12/h2-8,16-17,19H,9H2,1H3/b14-8-,16-10?. The van der Waals surface area contributed by atoms with Crippen molar-refractivity contribution >= 4 is 22.3 Å². The zero-order valence-electron chi connectivity index (χ0n) is 10.6. The van der Waals surface area contributed by atoms with Crippen molar-refractivity contribution in [1.29, 1.82) is 5.41 Å². The van der Waals surface area contributed by atoms with Crippen LogP contribution in [0.1, 0.15) is 0 Å². The lowest BCUT2D eigenvalue weighted by Gasteiger charge is -2.12.